The second-order valence-electron chi connectivity index (χ2n) is 3.63. The average Bonchev–Trinajstić information content (AvgIpc) is 2.69. The van der Waals surface area contributed by atoms with Gasteiger partial charge in [-0.15, -0.1) is 0 Å². The van der Waals surface area contributed by atoms with Crippen molar-refractivity contribution in [2.75, 3.05) is 0 Å². The van der Waals surface area contributed by atoms with E-state index >= 15 is 0 Å². The summed E-state index contributed by atoms with van der Waals surface area (Å²) in [6, 6.07) is 9.16. The highest BCUT2D eigenvalue weighted by molar-refractivity contribution is 5.74. The van der Waals surface area contributed by atoms with Crippen molar-refractivity contribution in [3.05, 3.63) is 35.9 Å². The molecule has 0 saturated carbocycles. The first-order chi connectivity index (χ1) is 8.18. The molecule has 1 amide bonds. The van der Waals surface area contributed by atoms with Crippen LogP contribution in [0, 0.1) is 0 Å². The zero-order valence-electron chi connectivity index (χ0n) is 10.1. The number of nitrogens with two attached hydrogens (primary N) is 1. The van der Waals surface area contributed by atoms with Crippen LogP contribution in [0.2, 0.25) is 0 Å². The van der Waals surface area contributed by atoms with E-state index in [4.69, 9.17) is 10.3 Å². The van der Waals surface area contributed by atoms with Gasteiger partial charge in [0.05, 0.1) is 0 Å². The molecule has 6 nitrogen and oxygen atoms in total. The van der Waals surface area contributed by atoms with Gasteiger partial charge < -0.3 is 21.5 Å². The number of carbonyl (C=O) groups excluding carboxylic acids is 1. The van der Waals surface area contributed by atoms with Crippen LogP contribution in [0.4, 0.5) is 0 Å². The van der Waals surface area contributed by atoms with Crippen LogP contribution in [-0.4, -0.2) is 11.1 Å². The zero-order chi connectivity index (χ0) is 12.3. The van der Waals surface area contributed by atoms with E-state index in [0.717, 1.165) is 5.56 Å². The van der Waals surface area contributed by atoms with Crippen molar-refractivity contribution in [3.63, 3.8) is 0 Å². The molecule has 1 aromatic carbocycles. The summed E-state index contributed by atoms with van der Waals surface area (Å²) in [6.45, 7) is 0. The lowest BCUT2D eigenvalue weighted by Crippen LogP contribution is -2.11. The van der Waals surface area contributed by atoms with Gasteiger partial charge in [0.2, 0.25) is 5.91 Å². The van der Waals surface area contributed by atoms with Gasteiger partial charge in [0.1, 0.15) is 0 Å². The van der Waals surface area contributed by atoms with Crippen LogP contribution in [0.5, 0.6) is 5.88 Å². The summed E-state index contributed by atoms with van der Waals surface area (Å²) < 4.78 is 5.00. The molecule has 0 radical (unpaired) electrons. The predicted molar refractivity (Wildman–Crippen MR) is 64.9 cm³/mol. The predicted octanol–water partition coefficient (Wildman–Crippen LogP) is 1.21. The Morgan fingerprint density at radius 3 is 2.61 bits per heavy atom. The number of rotatable bonds is 4. The number of amides is 1. The van der Waals surface area contributed by atoms with E-state index in [2.05, 4.69) is 5.16 Å². The fourth-order valence-corrected chi connectivity index (χ4v) is 1.58. The Morgan fingerprint density at radius 2 is 2.00 bits per heavy atom. The van der Waals surface area contributed by atoms with Crippen molar-refractivity contribution < 1.29 is 14.4 Å². The second kappa shape index (κ2) is 5.83. The second-order valence-corrected chi connectivity index (χ2v) is 3.63. The van der Waals surface area contributed by atoms with E-state index in [9.17, 15) is 9.90 Å². The zero-order valence-corrected chi connectivity index (χ0v) is 10.1. The molecule has 0 aliphatic rings. The highest BCUT2D eigenvalue weighted by Crippen LogP contribution is 2.29. The Balaban J connectivity index is 0.00000162. The van der Waals surface area contributed by atoms with Crippen molar-refractivity contribution in [1.82, 2.24) is 11.3 Å². The number of hydrogen-bond donors (Lipinski definition) is 2. The number of carbonyl (C=O) groups is 1. The van der Waals surface area contributed by atoms with Crippen LogP contribution in [0.15, 0.2) is 34.9 Å². The van der Waals surface area contributed by atoms with Crippen LogP contribution < -0.4 is 17.0 Å². The Hall–Kier alpha value is -2.34. The van der Waals surface area contributed by atoms with Gasteiger partial charge in [0, 0.05) is 23.4 Å². The summed E-state index contributed by atoms with van der Waals surface area (Å²) in [7, 11) is 0. The molecule has 0 bridgehead atoms. The van der Waals surface area contributed by atoms with E-state index in [-0.39, 0.29) is 19.0 Å². The smallest absolute Gasteiger partial charge is 0.217 e. The molecule has 0 saturated heterocycles. The molecule has 18 heavy (non-hydrogen) atoms. The third kappa shape index (κ3) is 2.86. The van der Waals surface area contributed by atoms with Gasteiger partial charge >= 0.3 is 0 Å². The summed E-state index contributed by atoms with van der Waals surface area (Å²) in [5.74, 6) is -0.480. The topological polar surface area (TPSA) is 129 Å². The SMILES string of the molecule is NC(=O)CCc1c([O-])noc1-c1ccccc1.[NH4+]. The highest BCUT2D eigenvalue weighted by Gasteiger charge is 2.12. The molecule has 0 fully saturated rings. The van der Waals surface area contributed by atoms with Gasteiger partial charge in [-0.25, -0.2) is 0 Å². The molecular formula is C12H15N3O3. The van der Waals surface area contributed by atoms with Crippen LogP contribution in [0.1, 0.15) is 12.0 Å². The van der Waals surface area contributed by atoms with E-state index in [1.165, 1.54) is 0 Å². The lowest BCUT2D eigenvalue weighted by atomic mass is 10.0. The summed E-state index contributed by atoms with van der Waals surface area (Å²) in [5.41, 5.74) is 6.22. The third-order valence-electron chi connectivity index (χ3n) is 2.41. The average molecular weight is 249 g/mol. The summed E-state index contributed by atoms with van der Waals surface area (Å²) >= 11 is 0. The highest BCUT2D eigenvalue weighted by atomic mass is 16.5. The lowest BCUT2D eigenvalue weighted by Gasteiger charge is -2.04. The van der Waals surface area contributed by atoms with Crippen LogP contribution >= 0.6 is 0 Å². The van der Waals surface area contributed by atoms with Crippen molar-refractivity contribution in [2.24, 2.45) is 5.73 Å². The summed E-state index contributed by atoms with van der Waals surface area (Å²) in [6.07, 6.45) is 0.359. The Labute approximate surface area is 104 Å². The molecule has 0 aliphatic heterocycles. The molecule has 2 rings (SSSR count). The van der Waals surface area contributed by atoms with Gasteiger partial charge in [-0.1, -0.05) is 35.5 Å². The van der Waals surface area contributed by atoms with Gasteiger partial charge in [0.15, 0.2) is 5.76 Å². The minimum absolute atomic E-state index is 0. The van der Waals surface area contributed by atoms with Crippen LogP contribution in [0.3, 0.4) is 0 Å². The first-order valence-electron chi connectivity index (χ1n) is 5.18. The molecule has 1 aromatic heterocycles. The number of primary amides is 1. The van der Waals surface area contributed by atoms with Crippen LogP contribution in [-0.2, 0) is 11.2 Å². The standard InChI is InChI=1S/C12H12N2O3.H3N/c13-10(15)7-6-9-11(17-14-12(9)16)8-4-2-1-3-5-8;/h1-5H,6-7H2,(H2,13,15)(H,14,16);1H3. The molecule has 6 N–H and O–H groups in total. The third-order valence-corrected chi connectivity index (χ3v) is 2.41. The molecule has 96 valence electrons. The van der Waals surface area contributed by atoms with Crippen LogP contribution in [0.25, 0.3) is 11.3 Å². The monoisotopic (exact) mass is 249 g/mol. The Bertz CT molecular complexity index is 523. The lowest BCUT2D eigenvalue weighted by molar-refractivity contribution is -0.278. The quantitative estimate of drug-likeness (QED) is 0.843. The van der Waals surface area contributed by atoms with Crippen molar-refractivity contribution in [1.29, 1.82) is 0 Å². The first kappa shape index (κ1) is 13.7. The van der Waals surface area contributed by atoms with Gasteiger partial charge in [0.25, 0.3) is 0 Å². The van der Waals surface area contributed by atoms with Crippen molar-refractivity contribution in [3.8, 4) is 17.2 Å². The minimum Gasteiger partial charge on any atom is -0.856 e. The van der Waals surface area contributed by atoms with Gasteiger partial charge in [-0.2, -0.15) is 0 Å². The van der Waals surface area contributed by atoms with E-state index in [1.807, 2.05) is 30.3 Å². The number of quaternary nitrogens is 1. The maximum atomic E-state index is 11.5. The molecule has 0 unspecified atom stereocenters. The molecule has 0 aliphatic carbocycles. The maximum Gasteiger partial charge on any atom is 0.217 e. The van der Waals surface area contributed by atoms with E-state index in [1.54, 1.807) is 0 Å². The molecular weight excluding hydrogens is 234 g/mol. The molecule has 0 spiro atoms. The van der Waals surface area contributed by atoms with Gasteiger partial charge in [-0.3, -0.25) is 4.79 Å². The Kier molecular flexibility index (Phi) is 4.45. The normalized spacial score (nSPS) is 9.78. The number of hydrogen-bond acceptors (Lipinski definition) is 4. The Morgan fingerprint density at radius 1 is 1.33 bits per heavy atom. The summed E-state index contributed by atoms with van der Waals surface area (Å²) in [4.78, 5) is 10.7. The van der Waals surface area contributed by atoms with Crippen molar-refractivity contribution >= 4 is 5.91 Å². The van der Waals surface area contributed by atoms with Gasteiger partial charge in [-0.05, 0) is 6.42 Å². The summed E-state index contributed by atoms with van der Waals surface area (Å²) in [5, 5.41) is 14.9. The largest absolute Gasteiger partial charge is 0.856 e. The number of aromatic nitrogens is 1. The molecule has 1 heterocycles. The first-order valence-corrected chi connectivity index (χ1v) is 5.18. The molecule has 6 heteroatoms. The van der Waals surface area contributed by atoms with E-state index < -0.39 is 11.8 Å². The molecule has 0 atom stereocenters. The fraction of sp³-hybridized carbons (Fsp3) is 0.167. The molecule has 2 aromatic rings. The number of nitrogens with zero attached hydrogens (tertiary/aromatic N) is 1. The maximum absolute atomic E-state index is 11.5. The number of benzene rings is 1. The van der Waals surface area contributed by atoms with Crippen molar-refractivity contribution in [2.45, 2.75) is 12.8 Å². The van der Waals surface area contributed by atoms with E-state index in [0.29, 0.717) is 11.3 Å². The minimum atomic E-state index is -0.454. The fourth-order valence-electron chi connectivity index (χ4n) is 1.58.